The molecule has 2 aromatic rings. The van der Waals surface area contributed by atoms with Gasteiger partial charge in [-0.2, -0.15) is 5.10 Å². The molecule has 0 radical (unpaired) electrons. The summed E-state index contributed by atoms with van der Waals surface area (Å²) >= 11 is 0. The number of ether oxygens (including phenoxy) is 3. The number of rotatable bonds is 7. The number of carbonyl (C=O) groups excluding carboxylic acids is 2. The molecule has 1 N–H and O–H groups in total. The van der Waals surface area contributed by atoms with Crippen LogP contribution in [-0.2, 0) is 27.8 Å². The topological polar surface area (TPSA) is 94.9 Å². The molecule has 3 rings (SSSR count). The highest BCUT2D eigenvalue weighted by Gasteiger charge is 2.32. The Kier molecular flexibility index (Phi) is 6.84. The number of carbonyl (C=O) groups is 2. The van der Waals surface area contributed by atoms with E-state index in [4.69, 9.17) is 14.2 Å². The Morgan fingerprint density at radius 3 is 2.42 bits per heavy atom. The van der Waals surface area contributed by atoms with Crippen molar-refractivity contribution in [2.45, 2.75) is 32.7 Å². The quantitative estimate of drug-likeness (QED) is 0.673. The van der Waals surface area contributed by atoms with Crippen LogP contribution in [0.3, 0.4) is 0 Å². The third kappa shape index (κ3) is 4.66. The lowest BCUT2D eigenvalue weighted by molar-refractivity contribution is -0.142. The molecule has 9 heteroatoms. The molecule has 0 spiro atoms. The number of hydrogen-bond acceptors (Lipinski definition) is 7. The monoisotopic (exact) mass is 430 g/mol. The maximum absolute atomic E-state index is 12.9. The van der Waals surface area contributed by atoms with Crippen molar-refractivity contribution in [1.29, 1.82) is 0 Å². The van der Waals surface area contributed by atoms with Gasteiger partial charge in [-0.05, 0) is 43.5 Å². The number of amides is 1. The van der Waals surface area contributed by atoms with E-state index in [2.05, 4.69) is 10.4 Å². The maximum atomic E-state index is 12.9. The van der Waals surface area contributed by atoms with Gasteiger partial charge < -0.3 is 19.5 Å². The Balaban J connectivity index is 1.87. The molecule has 2 heterocycles. The molecule has 0 saturated heterocycles. The average Bonchev–Trinajstić information content (AvgIpc) is 2.99. The molecule has 1 amide bonds. The van der Waals surface area contributed by atoms with E-state index in [1.807, 2.05) is 37.9 Å². The van der Waals surface area contributed by atoms with Crippen LogP contribution in [0.4, 0.5) is 5.69 Å². The van der Waals surface area contributed by atoms with Crippen LogP contribution in [-0.4, -0.2) is 61.0 Å². The zero-order valence-corrected chi connectivity index (χ0v) is 18.9. The fourth-order valence-electron chi connectivity index (χ4n) is 4.07. The van der Waals surface area contributed by atoms with Gasteiger partial charge in [-0.15, -0.1) is 0 Å². The number of hydrogen-bond donors (Lipinski definition) is 1. The molecule has 1 aliphatic heterocycles. The van der Waals surface area contributed by atoms with Gasteiger partial charge in [0.05, 0.1) is 51.4 Å². The summed E-state index contributed by atoms with van der Waals surface area (Å²) < 4.78 is 17.5. The molecule has 9 nitrogen and oxygen atoms in total. The standard InChI is InChI=1S/C22H30N4O5/c1-13-22(14(2)25(3)24-13)23-20(27)12-26-8-7-15-9-18(29-4)19(30-5)10-16(15)17(26)11-21(28)31-6/h9-10,17H,7-8,11-12H2,1-6H3,(H,23,27)/t17-/m1/s1. The molecule has 31 heavy (non-hydrogen) atoms. The SMILES string of the molecule is COC(=O)C[C@@H]1c2cc(OC)c(OC)cc2CCN1CC(=O)Nc1c(C)nn(C)c1C. The fraction of sp³-hybridized carbons (Fsp3) is 0.500. The van der Waals surface area contributed by atoms with Crippen molar-refractivity contribution < 1.29 is 23.8 Å². The highest BCUT2D eigenvalue weighted by molar-refractivity contribution is 5.93. The number of methoxy groups -OCH3 is 3. The number of esters is 1. The van der Waals surface area contributed by atoms with Gasteiger partial charge in [-0.25, -0.2) is 0 Å². The number of fused-ring (bicyclic) bond motifs is 1. The van der Waals surface area contributed by atoms with Gasteiger partial charge in [0.15, 0.2) is 11.5 Å². The third-order valence-electron chi connectivity index (χ3n) is 5.82. The highest BCUT2D eigenvalue weighted by Crippen LogP contribution is 2.39. The lowest BCUT2D eigenvalue weighted by Crippen LogP contribution is -2.41. The van der Waals surface area contributed by atoms with E-state index in [1.165, 1.54) is 7.11 Å². The van der Waals surface area contributed by atoms with E-state index < -0.39 is 0 Å². The molecule has 1 atom stereocenters. The van der Waals surface area contributed by atoms with Gasteiger partial charge >= 0.3 is 5.97 Å². The lowest BCUT2D eigenvalue weighted by atomic mass is 9.90. The molecule has 0 aliphatic carbocycles. The number of aryl methyl sites for hydroxylation is 2. The van der Waals surface area contributed by atoms with Crippen LogP contribution in [0.25, 0.3) is 0 Å². The van der Waals surface area contributed by atoms with Gasteiger partial charge in [-0.3, -0.25) is 19.2 Å². The predicted molar refractivity (Wildman–Crippen MR) is 116 cm³/mol. The Morgan fingerprint density at radius 1 is 1.16 bits per heavy atom. The number of anilines is 1. The summed E-state index contributed by atoms with van der Waals surface area (Å²) in [5.74, 6) is 0.741. The second-order valence-electron chi connectivity index (χ2n) is 7.64. The van der Waals surface area contributed by atoms with Crippen LogP contribution in [0.1, 0.15) is 35.0 Å². The van der Waals surface area contributed by atoms with E-state index >= 15 is 0 Å². The summed E-state index contributed by atoms with van der Waals surface area (Å²) in [5.41, 5.74) is 4.39. The average molecular weight is 431 g/mol. The fourth-order valence-corrected chi connectivity index (χ4v) is 4.07. The van der Waals surface area contributed by atoms with Gasteiger partial charge in [0, 0.05) is 19.6 Å². The van der Waals surface area contributed by atoms with E-state index in [9.17, 15) is 9.59 Å². The first-order valence-electron chi connectivity index (χ1n) is 10.1. The summed E-state index contributed by atoms with van der Waals surface area (Å²) in [5, 5.41) is 7.32. The van der Waals surface area contributed by atoms with Crippen LogP contribution in [0.5, 0.6) is 11.5 Å². The van der Waals surface area contributed by atoms with E-state index in [1.54, 1.807) is 18.9 Å². The number of nitrogens with zero attached hydrogens (tertiary/aromatic N) is 3. The minimum atomic E-state index is -0.336. The molecule has 168 valence electrons. The Bertz CT molecular complexity index is 985. The van der Waals surface area contributed by atoms with Gasteiger partial charge in [-0.1, -0.05) is 0 Å². The zero-order valence-electron chi connectivity index (χ0n) is 18.9. The molecule has 0 fully saturated rings. The third-order valence-corrected chi connectivity index (χ3v) is 5.82. The van der Waals surface area contributed by atoms with Crippen molar-refractivity contribution >= 4 is 17.6 Å². The summed E-state index contributed by atoms with van der Waals surface area (Å²) in [4.78, 5) is 27.0. The van der Waals surface area contributed by atoms with Crippen LogP contribution in [0.2, 0.25) is 0 Å². The van der Waals surface area contributed by atoms with Crippen LogP contribution >= 0.6 is 0 Å². The predicted octanol–water partition coefficient (Wildman–Crippen LogP) is 2.16. The first-order chi connectivity index (χ1) is 14.8. The second-order valence-corrected chi connectivity index (χ2v) is 7.64. The first-order valence-corrected chi connectivity index (χ1v) is 10.1. The van der Waals surface area contributed by atoms with Crippen LogP contribution < -0.4 is 14.8 Å². The largest absolute Gasteiger partial charge is 0.493 e. The molecule has 1 aromatic heterocycles. The maximum Gasteiger partial charge on any atom is 0.307 e. The van der Waals surface area contributed by atoms with Crippen molar-refractivity contribution in [3.05, 3.63) is 34.6 Å². The van der Waals surface area contributed by atoms with Crippen LogP contribution in [0.15, 0.2) is 12.1 Å². The molecule has 1 aromatic carbocycles. The van der Waals surface area contributed by atoms with Crippen LogP contribution in [0, 0.1) is 13.8 Å². The van der Waals surface area contributed by atoms with Crippen molar-refractivity contribution in [3.8, 4) is 11.5 Å². The van der Waals surface area contributed by atoms with Gasteiger partial charge in [0.25, 0.3) is 0 Å². The number of nitrogens with one attached hydrogen (secondary N) is 1. The smallest absolute Gasteiger partial charge is 0.307 e. The lowest BCUT2D eigenvalue weighted by Gasteiger charge is -2.36. The number of benzene rings is 1. The second kappa shape index (κ2) is 9.38. The normalized spacial score (nSPS) is 15.9. The zero-order chi connectivity index (χ0) is 22.7. The van der Waals surface area contributed by atoms with E-state index in [-0.39, 0.29) is 30.9 Å². The Morgan fingerprint density at radius 2 is 1.84 bits per heavy atom. The van der Waals surface area contributed by atoms with E-state index in [0.29, 0.717) is 18.0 Å². The van der Waals surface area contributed by atoms with Gasteiger partial charge in [0.2, 0.25) is 5.91 Å². The first kappa shape index (κ1) is 22.6. The summed E-state index contributed by atoms with van der Waals surface area (Å²) in [6, 6.07) is 3.53. The molecular formula is C22H30N4O5. The summed E-state index contributed by atoms with van der Waals surface area (Å²) in [6.07, 6.45) is 0.864. The minimum Gasteiger partial charge on any atom is -0.493 e. The molecular weight excluding hydrogens is 400 g/mol. The van der Waals surface area contributed by atoms with Crippen molar-refractivity contribution in [3.63, 3.8) is 0 Å². The van der Waals surface area contributed by atoms with E-state index in [0.717, 1.165) is 34.6 Å². The van der Waals surface area contributed by atoms with Crippen molar-refractivity contribution in [1.82, 2.24) is 14.7 Å². The Hall–Kier alpha value is -3.07. The number of aromatic nitrogens is 2. The van der Waals surface area contributed by atoms with Crippen molar-refractivity contribution in [2.75, 3.05) is 39.7 Å². The summed E-state index contributed by atoms with van der Waals surface area (Å²) in [7, 11) is 6.38. The summed E-state index contributed by atoms with van der Waals surface area (Å²) in [6.45, 7) is 4.54. The van der Waals surface area contributed by atoms with Crippen molar-refractivity contribution in [2.24, 2.45) is 7.05 Å². The highest BCUT2D eigenvalue weighted by atomic mass is 16.5. The Labute approximate surface area is 182 Å². The molecule has 1 aliphatic rings. The molecule has 0 saturated carbocycles. The molecule has 0 unspecified atom stereocenters. The van der Waals surface area contributed by atoms with Gasteiger partial charge in [0.1, 0.15) is 0 Å². The molecule has 0 bridgehead atoms. The minimum absolute atomic E-state index is 0.136.